The molecule has 106 valence electrons. The smallest absolute Gasteiger partial charge is 0.339 e. The molecule has 0 saturated heterocycles. The Kier molecular flexibility index (Phi) is 3.58. The summed E-state index contributed by atoms with van der Waals surface area (Å²) in [5.41, 5.74) is -0.215. The average molecular weight is 298 g/mol. The number of benzene rings is 1. The number of aromatic nitrogens is 2. The molecule has 0 unspecified atom stereocenters. The van der Waals surface area contributed by atoms with Crippen molar-refractivity contribution >= 4 is 15.8 Å². The van der Waals surface area contributed by atoms with Gasteiger partial charge in [0, 0.05) is 7.05 Å². The fraction of sp³-hybridized carbons (Fsp3) is 0.167. The third kappa shape index (κ3) is 2.55. The van der Waals surface area contributed by atoms with Crippen molar-refractivity contribution in [1.29, 1.82) is 0 Å². The molecule has 0 aliphatic carbocycles. The first-order valence-corrected chi connectivity index (χ1v) is 7.19. The van der Waals surface area contributed by atoms with Gasteiger partial charge in [-0.15, -0.1) is 0 Å². The van der Waals surface area contributed by atoms with Crippen molar-refractivity contribution in [1.82, 2.24) is 9.78 Å². The molecule has 0 fully saturated rings. The molecule has 0 amide bonds. The van der Waals surface area contributed by atoms with E-state index in [-0.39, 0.29) is 11.3 Å². The van der Waals surface area contributed by atoms with Crippen molar-refractivity contribution in [3.8, 4) is 0 Å². The maximum atomic E-state index is 13.6. The summed E-state index contributed by atoms with van der Waals surface area (Å²) in [6, 6.07) is 4.95. The Balaban J connectivity index is 2.47. The van der Waals surface area contributed by atoms with Crippen molar-refractivity contribution in [2.24, 2.45) is 7.05 Å². The Labute approximate surface area is 114 Å². The monoisotopic (exact) mass is 298 g/mol. The van der Waals surface area contributed by atoms with Gasteiger partial charge in [0.25, 0.3) is 0 Å². The van der Waals surface area contributed by atoms with Crippen LogP contribution in [-0.4, -0.2) is 29.3 Å². The van der Waals surface area contributed by atoms with Crippen molar-refractivity contribution in [2.45, 2.75) is 10.6 Å². The fourth-order valence-corrected chi connectivity index (χ4v) is 3.28. The molecular formula is C12H11FN2O4S. The summed E-state index contributed by atoms with van der Waals surface area (Å²) in [5, 5.41) is 12.7. The van der Waals surface area contributed by atoms with Gasteiger partial charge in [0.2, 0.25) is 0 Å². The fourth-order valence-electron chi connectivity index (χ4n) is 1.77. The lowest BCUT2D eigenvalue weighted by Crippen LogP contribution is -2.13. The van der Waals surface area contributed by atoms with Gasteiger partial charge in [-0.1, -0.05) is 12.1 Å². The van der Waals surface area contributed by atoms with Crippen LogP contribution in [0.2, 0.25) is 0 Å². The van der Waals surface area contributed by atoms with Crippen LogP contribution in [0.1, 0.15) is 16.1 Å². The molecule has 20 heavy (non-hydrogen) atoms. The minimum atomic E-state index is -3.99. The van der Waals surface area contributed by atoms with Gasteiger partial charge in [-0.2, -0.15) is 5.10 Å². The molecule has 0 aliphatic rings. The maximum Gasteiger partial charge on any atom is 0.339 e. The van der Waals surface area contributed by atoms with Gasteiger partial charge < -0.3 is 5.11 Å². The first-order valence-electron chi connectivity index (χ1n) is 5.54. The van der Waals surface area contributed by atoms with E-state index in [1.54, 1.807) is 0 Å². The SMILES string of the molecule is Cn1ncc(C(=O)O)c1CS(=O)(=O)c1ccccc1F. The molecule has 1 N–H and O–H groups in total. The number of nitrogens with zero attached hydrogens (tertiary/aromatic N) is 2. The Morgan fingerprint density at radius 2 is 2.05 bits per heavy atom. The largest absolute Gasteiger partial charge is 0.478 e. The van der Waals surface area contributed by atoms with E-state index in [0.29, 0.717) is 0 Å². The number of aromatic carboxylic acids is 1. The molecule has 0 bridgehead atoms. The molecular weight excluding hydrogens is 287 g/mol. The van der Waals surface area contributed by atoms with E-state index in [9.17, 15) is 17.6 Å². The summed E-state index contributed by atoms with van der Waals surface area (Å²) in [6.45, 7) is 0. The van der Waals surface area contributed by atoms with Gasteiger partial charge in [0.05, 0.1) is 17.6 Å². The lowest BCUT2D eigenvalue weighted by Gasteiger charge is -2.07. The number of carboxylic acid groups (broad SMARTS) is 1. The molecule has 1 aromatic heterocycles. The first-order chi connectivity index (χ1) is 9.33. The topological polar surface area (TPSA) is 89.3 Å². The standard InChI is InChI=1S/C12H11FN2O4S/c1-15-10(8(6-14-15)12(16)17)7-20(18,19)11-5-3-2-4-9(11)13/h2-6H,7H2,1H3,(H,16,17). The highest BCUT2D eigenvalue weighted by Gasteiger charge is 2.25. The molecule has 2 rings (SSSR count). The molecule has 0 spiro atoms. The number of sulfone groups is 1. The van der Waals surface area contributed by atoms with Crippen LogP contribution < -0.4 is 0 Å². The second-order valence-corrected chi connectivity index (χ2v) is 6.08. The molecule has 1 heterocycles. The lowest BCUT2D eigenvalue weighted by atomic mass is 10.3. The zero-order valence-electron chi connectivity index (χ0n) is 10.4. The number of carbonyl (C=O) groups is 1. The van der Waals surface area contributed by atoms with E-state index >= 15 is 0 Å². The van der Waals surface area contributed by atoms with Crippen LogP contribution in [-0.2, 0) is 22.6 Å². The highest BCUT2D eigenvalue weighted by molar-refractivity contribution is 7.90. The molecule has 0 radical (unpaired) electrons. The van der Waals surface area contributed by atoms with Crippen molar-refractivity contribution in [3.05, 3.63) is 47.5 Å². The summed E-state index contributed by atoms with van der Waals surface area (Å²) < 4.78 is 39.1. The summed E-state index contributed by atoms with van der Waals surface area (Å²) in [6.07, 6.45) is 1.06. The van der Waals surface area contributed by atoms with Crippen LogP contribution in [0, 0.1) is 5.82 Å². The van der Waals surface area contributed by atoms with Crippen molar-refractivity contribution in [3.63, 3.8) is 0 Å². The molecule has 6 nitrogen and oxygen atoms in total. The number of carboxylic acids is 1. The quantitative estimate of drug-likeness (QED) is 0.917. The number of hydrogen-bond acceptors (Lipinski definition) is 4. The predicted octanol–water partition coefficient (Wildman–Crippen LogP) is 1.23. The number of rotatable bonds is 4. The van der Waals surface area contributed by atoms with Crippen molar-refractivity contribution < 1.29 is 22.7 Å². The average Bonchev–Trinajstić information content (AvgIpc) is 2.71. The highest BCUT2D eigenvalue weighted by Crippen LogP contribution is 2.21. The zero-order chi connectivity index (χ0) is 14.9. The summed E-state index contributed by atoms with van der Waals surface area (Å²) >= 11 is 0. The summed E-state index contributed by atoms with van der Waals surface area (Å²) in [4.78, 5) is 10.5. The van der Waals surface area contributed by atoms with Crippen molar-refractivity contribution in [2.75, 3.05) is 0 Å². The van der Waals surface area contributed by atoms with E-state index in [1.165, 1.54) is 19.2 Å². The third-order valence-electron chi connectivity index (χ3n) is 2.79. The van der Waals surface area contributed by atoms with E-state index in [1.807, 2.05) is 0 Å². The van der Waals surface area contributed by atoms with Crippen LogP contribution in [0.3, 0.4) is 0 Å². The number of hydrogen-bond donors (Lipinski definition) is 1. The number of halogens is 1. The van der Waals surface area contributed by atoms with Gasteiger partial charge in [0.1, 0.15) is 16.3 Å². The minimum absolute atomic E-state index is 0.000697. The second kappa shape index (κ2) is 5.04. The van der Waals surface area contributed by atoms with Crippen LogP contribution >= 0.6 is 0 Å². The van der Waals surface area contributed by atoms with Crippen LogP contribution in [0.4, 0.5) is 4.39 Å². The van der Waals surface area contributed by atoms with Crippen LogP contribution in [0.5, 0.6) is 0 Å². The minimum Gasteiger partial charge on any atom is -0.478 e. The molecule has 8 heteroatoms. The zero-order valence-corrected chi connectivity index (χ0v) is 11.3. The third-order valence-corrected chi connectivity index (χ3v) is 4.45. The Morgan fingerprint density at radius 3 is 2.65 bits per heavy atom. The van der Waals surface area contributed by atoms with Crippen LogP contribution in [0.15, 0.2) is 35.4 Å². The van der Waals surface area contributed by atoms with Gasteiger partial charge in [0.15, 0.2) is 9.84 Å². The second-order valence-electron chi connectivity index (χ2n) is 4.12. The summed E-state index contributed by atoms with van der Waals surface area (Å²) in [7, 11) is -2.56. The Bertz CT molecular complexity index is 768. The van der Waals surface area contributed by atoms with Crippen LogP contribution in [0.25, 0.3) is 0 Å². The Morgan fingerprint density at radius 1 is 1.40 bits per heavy atom. The van der Waals surface area contributed by atoms with Gasteiger partial charge in [-0.05, 0) is 12.1 Å². The molecule has 0 atom stereocenters. The number of aryl methyl sites for hydroxylation is 1. The Hall–Kier alpha value is -2.22. The lowest BCUT2D eigenvalue weighted by molar-refractivity contribution is 0.0696. The predicted molar refractivity (Wildman–Crippen MR) is 67.5 cm³/mol. The first kappa shape index (κ1) is 14.2. The normalized spacial score (nSPS) is 11.5. The van der Waals surface area contributed by atoms with Gasteiger partial charge in [-0.25, -0.2) is 17.6 Å². The van der Waals surface area contributed by atoms with Gasteiger partial charge >= 0.3 is 5.97 Å². The molecule has 0 aliphatic heterocycles. The van der Waals surface area contributed by atoms with E-state index in [2.05, 4.69) is 5.10 Å². The molecule has 1 aromatic carbocycles. The summed E-state index contributed by atoms with van der Waals surface area (Å²) in [5.74, 6) is -2.78. The van der Waals surface area contributed by atoms with Gasteiger partial charge in [-0.3, -0.25) is 4.68 Å². The molecule has 2 aromatic rings. The maximum absolute atomic E-state index is 13.6. The molecule has 0 saturated carbocycles. The van der Waals surface area contributed by atoms with E-state index < -0.39 is 32.3 Å². The highest BCUT2D eigenvalue weighted by atomic mass is 32.2. The van der Waals surface area contributed by atoms with E-state index in [0.717, 1.165) is 23.0 Å². The van der Waals surface area contributed by atoms with E-state index in [4.69, 9.17) is 5.11 Å².